The first kappa shape index (κ1) is 19.1. The summed E-state index contributed by atoms with van der Waals surface area (Å²) < 4.78 is 2.10. The molecular formula is C22H28N4O. The molecule has 0 aromatic heterocycles. The standard InChI is InChI=1S/C22H28N4O/c1-2-3-4-5-6-7-13-26(18-27)20-10-8-19(9-11-20)15-25-14-12-21-22(16-25)24-17-23-21/h8-12,14,16-18H,2-7,13,15H2,1H3. The molecule has 0 fully saturated rings. The average molecular weight is 364 g/mol. The van der Waals surface area contributed by atoms with E-state index in [-0.39, 0.29) is 0 Å². The van der Waals surface area contributed by atoms with Crippen LogP contribution in [-0.4, -0.2) is 27.5 Å². The van der Waals surface area contributed by atoms with Crippen LogP contribution in [0, 0.1) is 0 Å². The molecule has 0 N–H and O–H groups in total. The number of amides is 1. The van der Waals surface area contributed by atoms with Crippen molar-refractivity contribution in [3.63, 3.8) is 0 Å². The summed E-state index contributed by atoms with van der Waals surface area (Å²) in [5.41, 5.74) is 3.97. The smallest absolute Gasteiger partial charge is 0.214 e. The average Bonchev–Trinajstić information content (AvgIpc) is 3.16. The zero-order valence-corrected chi connectivity index (χ0v) is 16.1. The van der Waals surface area contributed by atoms with Crippen molar-refractivity contribution in [3.8, 4) is 11.4 Å². The van der Waals surface area contributed by atoms with Gasteiger partial charge in [-0.3, -0.25) is 4.79 Å². The summed E-state index contributed by atoms with van der Waals surface area (Å²) in [7, 11) is 0. The van der Waals surface area contributed by atoms with Crippen LogP contribution in [0.25, 0.3) is 11.4 Å². The maximum atomic E-state index is 11.5. The van der Waals surface area contributed by atoms with Gasteiger partial charge in [-0.15, -0.1) is 0 Å². The van der Waals surface area contributed by atoms with Gasteiger partial charge in [0.05, 0.1) is 5.69 Å². The van der Waals surface area contributed by atoms with E-state index in [1.54, 1.807) is 6.33 Å². The van der Waals surface area contributed by atoms with Gasteiger partial charge < -0.3 is 9.47 Å². The summed E-state index contributed by atoms with van der Waals surface area (Å²) in [5.74, 6) is 0. The molecule has 27 heavy (non-hydrogen) atoms. The Kier molecular flexibility index (Phi) is 6.97. The lowest BCUT2D eigenvalue weighted by atomic mass is 10.1. The Morgan fingerprint density at radius 1 is 0.963 bits per heavy atom. The minimum Gasteiger partial charge on any atom is -0.348 e. The van der Waals surface area contributed by atoms with Crippen molar-refractivity contribution in [3.05, 3.63) is 54.6 Å². The summed E-state index contributed by atoms with van der Waals surface area (Å²) in [6, 6.07) is 10.2. The van der Waals surface area contributed by atoms with E-state index in [2.05, 4.69) is 33.6 Å². The van der Waals surface area contributed by atoms with Crippen molar-refractivity contribution in [2.75, 3.05) is 11.4 Å². The molecule has 1 aromatic carbocycles. The monoisotopic (exact) mass is 364 g/mol. The molecule has 0 saturated heterocycles. The van der Waals surface area contributed by atoms with Crippen LogP contribution < -0.4 is 4.90 Å². The number of pyridine rings is 1. The lowest BCUT2D eigenvalue weighted by Crippen LogP contribution is -2.22. The fourth-order valence-corrected chi connectivity index (χ4v) is 3.29. The summed E-state index contributed by atoms with van der Waals surface area (Å²) >= 11 is 0. The first-order chi connectivity index (χ1) is 13.3. The van der Waals surface area contributed by atoms with Gasteiger partial charge in [0.2, 0.25) is 6.41 Å². The quantitative estimate of drug-likeness (QED) is 0.364. The number of benzene rings is 1. The summed E-state index contributed by atoms with van der Waals surface area (Å²) in [4.78, 5) is 21.7. The van der Waals surface area contributed by atoms with Crippen LogP contribution in [0.15, 0.2) is 49.1 Å². The van der Waals surface area contributed by atoms with Gasteiger partial charge >= 0.3 is 0 Å². The Hall–Kier alpha value is -2.69. The van der Waals surface area contributed by atoms with Crippen molar-refractivity contribution in [2.45, 2.75) is 52.0 Å². The Morgan fingerprint density at radius 3 is 2.48 bits per heavy atom. The number of hydrogen-bond donors (Lipinski definition) is 0. The molecule has 0 aliphatic carbocycles. The molecule has 0 unspecified atom stereocenters. The summed E-state index contributed by atoms with van der Waals surface area (Å²) in [5, 5.41) is 0. The van der Waals surface area contributed by atoms with Gasteiger partial charge in [-0.1, -0.05) is 51.2 Å². The van der Waals surface area contributed by atoms with E-state index >= 15 is 0 Å². The molecule has 0 bridgehead atoms. The maximum Gasteiger partial charge on any atom is 0.214 e. The number of unbranched alkanes of at least 4 members (excludes halogenated alkanes) is 5. The molecule has 0 atom stereocenters. The van der Waals surface area contributed by atoms with Gasteiger partial charge in [0.15, 0.2) is 0 Å². The number of fused-ring (bicyclic) bond motifs is 1. The highest BCUT2D eigenvalue weighted by atomic mass is 16.1. The van der Waals surface area contributed by atoms with Gasteiger partial charge in [0, 0.05) is 31.2 Å². The Balaban J connectivity index is 1.53. The number of carbonyl (C=O) groups is 1. The van der Waals surface area contributed by atoms with Crippen molar-refractivity contribution in [2.24, 2.45) is 0 Å². The van der Waals surface area contributed by atoms with Crippen molar-refractivity contribution >= 4 is 12.1 Å². The second-order valence-electron chi connectivity index (χ2n) is 6.99. The molecule has 3 rings (SSSR count). The van der Waals surface area contributed by atoms with Crippen LogP contribution in [-0.2, 0) is 11.3 Å². The Morgan fingerprint density at radius 2 is 1.70 bits per heavy atom. The van der Waals surface area contributed by atoms with Crippen molar-refractivity contribution in [1.82, 2.24) is 14.5 Å². The van der Waals surface area contributed by atoms with Gasteiger partial charge in [-0.25, -0.2) is 9.97 Å². The van der Waals surface area contributed by atoms with Crippen molar-refractivity contribution < 1.29 is 4.79 Å². The molecule has 1 amide bonds. The number of hydrogen-bond acceptors (Lipinski definition) is 3. The normalized spacial score (nSPS) is 11.0. The summed E-state index contributed by atoms with van der Waals surface area (Å²) in [6.07, 6.45) is 13.9. The van der Waals surface area contributed by atoms with E-state index in [0.29, 0.717) is 0 Å². The van der Waals surface area contributed by atoms with Crippen LogP contribution in [0.4, 0.5) is 5.69 Å². The summed E-state index contributed by atoms with van der Waals surface area (Å²) in [6.45, 7) is 3.78. The number of aromatic nitrogens is 3. The van der Waals surface area contributed by atoms with E-state index < -0.39 is 0 Å². The second-order valence-corrected chi connectivity index (χ2v) is 6.99. The predicted octanol–water partition coefficient (Wildman–Crippen LogP) is 4.75. The molecule has 5 nitrogen and oxygen atoms in total. The molecular weight excluding hydrogens is 336 g/mol. The molecule has 2 heterocycles. The molecule has 0 spiro atoms. The van der Waals surface area contributed by atoms with E-state index in [1.807, 2.05) is 35.5 Å². The van der Waals surface area contributed by atoms with Gasteiger partial charge in [-0.05, 0) is 30.2 Å². The minimum atomic E-state index is 0.765. The number of carbonyl (C=O) groups excluding carboxylic acids is 1. The SMILES string of the molecule is CCCCCCCCN(C=O)c1ccc(Cn2ccc3ncnc-3c2)cc1. The Labute approximate surface area is 161 Å². The molecule has 0 radical (unpaired) electrons. The van der Waals surface area contributed by atoms with E-state index in [4.69, 9.17) is 0 Å². The van der Waals surface area contributed by atoms with Crippen LogP contribution in [0.1, 0.15) is 51.0 Å². The molecule has 2 aliphatic rings. The molecule has 2 aliphatic heterocycles. The van der Waals surface area contributed by atoms with E-state index in [1.165, 1.54) is 37.7 Å². The molecule has 1 aromatic rings. The third kappa shape index (κ3) is 5.39. The molecule has 0 saturated carbocycles. The highest BCUT2D eigenvalue weighted by Crippen LogP contribution is 2.18. The zero-order chi connectivity index (χ0) is 18.9. The van der Waals surface area contributed by atoms with Crippen LogP contribution in [0.5, 0.6) is 0 Å². The predicted molar refractivity (Wildman–Crippen MR) is 109 cm³/mol. The minimum absolute atomic E-state index is 0.765. The highest BCUT2D eigenvalue weighted by molar-refractivity contribution is 5.74. The zero-order valence-electron chi connectivity index (χ0n) is 16.1. The highest BCUT2D eigenvalue weighted by Gasteiger charge is 2.07. The third-order valence-electron chi connectivity index (χ3n) is 4.88. The maximum absolute atomic E-state index is 11.5. The van der Waals surface area contributed by atoms with E-state index in [0.717, 1.165) is 43.0 Å². The number of nitrogens with zero attached hydrogens (tertiary/aromatic N) is 4. The number of rotatable bonds is 11. The molecule has 142 valence electrons. The lowest BCUT2D eigenvalue weighted by Gasteiger charge is -2.18. The van der Waals surface area contributed by atoms with E-state index in [9.17, 15) is 4.79 Å². The first-order valence-corrected chi connectivity index (χ1v) is 9.87. The van der Waals surface area contributed by atoms with Crippen LogP contribution in [0.3, 0.4) is 0 Å². The topological polar surface area (TPSA) is 51.0 Å². The lowest BCUT2D eigenvalue weighted by molar-refractivity contribution is -0.107. The fourth-order valence-electron chi connectivity index (χ4n) is 3.29. The van der Waals surface area contributed by atoms with Crippen LogP contribution in [0.2, 0.25) is 0 Å². The van der Waals surface area contributed by atoms with Gasteiger partial charge in [0.25, 0.3) is 0 Å². The van der Waals surface area contributed by atoms with Gasteiger partial charge in [0.1, 0.15) is 12.0 Å². The van der Waals surface area contributed by atoms with Crippen molar-refractivity contribution in [1.29, 1.82) is 0 Å². The van der Waals surface area contributed by atoms with Crippen LogP contribution >= 0.6 is 0 Å². The largest absolute Gasteiger partial charge is 0.348 e. The second kappa shape index (κ2) is 9.86. The first-order valence-electron chi connectivity index (χ1n) is 9.87. The van der Waals surface area contributed by atoms with Gasteiger partial charge in [-0.2, -0.15) is 0 Å². The number of imidazole rings is 1. The third-order valence-corrected chi connectivity index (χ3v) is 4.88. The molecule has 5 heteroatoms. The number of anilines is 1. The Bertz CT molecular complexity index is 796. The fraction of sp³-hybridized carbons (Fsp3) is 0.409.